The lowest BCUT2D eigenvalue weighted by atomic mass is 9.88. The van der Waals surface area contributed by atoms with E-state index >= 15 is 0 Å². The molecule has 1 heterocycles. The molecule has 1 amide bonds. The van der Waals surface area contributed by atoms with E-state index in [0.29, 0.717) is 32.4 Å². The molecule has 23 heavy (non-hydrogen) atoms. The molecule has 1 atom stereocenters. The molecule has 1 saturated heterocycles. The number of halogens is 2. The molecule has 0 aliphatic carbocycles. The smallest absolute Gasteiger partial charge is 0.222 e. The molecule has 4 nitrogen and oxygen atoms in total. The van der Waals surface area contributed by atoms with E-state index in [-0.39, 0.29) is 10.9 Å². The van der Waals surface area contributed by atoms with Gasteiger partial charge in [-0.2, -0.15) is 0 Å². The number of aliphatic hydroxyl groups is 1. The number of carbonyl (C=O) groups excluding carboxylic acids is 1. The zero-order valence-electron chi connectivity index (χ0n) is 13.7. The van der Waals surface area contributed by atoms with E-state index < -0.39 is 11.4 Å². The minimum absolute atomic E-state index is 0.0234. The Morgan fingerprint density at radius 2 is 2.22 bits per heavy atom. The molecule has 1 aromatic carbocycles. The topological polar surface area (TPSA) is 43.8 Å². The van der Waals surface area contributed by atoms with Crippen LogP contribution >= 0.6 is 11.6 Å². The van der Waals surface area contributed by atoms with Crippen LogP contribution in [0.1, 0.15) is 31.2 Å². The van der Waals surface area contributed by atoms with Gasteiger partial charge in [0.05, 0.1) is 10.6 Å². The summed E-state index contributed by atoms with van der Waals surface area (Å²) in [6.07, 6.45) is 2.35. The fourth-order valence-corrected chi connectivity index (χ4v) is 3.12. The molecule has 1 unspecified atom stereocenters. The first-order valence-electron chi connectivity index (χ1n) is 7.88. The maximum Gasteiger partial charge on any atom is 0.222 e. The summed E-state index contributed by atoms with van der Waals surface area (Å²) in [6.45, 7) is 1.92. The van der Waals surface area contributed by atoms with Crippen LogP contribution in [0.4, 0.5) is 4.39 Å². The monoisotopic (exact) mass is 342 g/mol. The first-order valence-corrected chi connectivity index (χ1v) is 8.26. The molecule has 1 aromatic rings. The van der Waals surface area contributed by atoms with Gasteiger partial charge in [-0.05, 0) is 43.5 Å². The Balaban J connectivity index is 1.94. The van der Waals surface area contributed by atoms with E-state index in [1.807, 2.05) is 0 Å². The van der Waals surface area contributed by atoms with Crippen molar-refractivity contribution in [3.63, 3.8) is 0 Å². The van der Waals surface area contributed by atoms with Gasteiger partial charge in [0.1, 0.15) is 5.82 Å². The Labute approximate surface area is 141 Å². The number of amides is 1. The van der Waals surface area contributed by atoms with Crippen LogP contribution < -0.4 is 0 Å². The number of hydrogen-bond acceptors (Lipinski definition) is 3. The zero-order valence-corrected chi connectivity index (χ0v) is 14.4. The van der Waals surface area contributed by atoms with Crippen molar-refractivity contribution in [1.82, 2.24) is 9.80 Å². The summed E-state index contributed by atoms with van der Waals surface area (Å²) in [5.74, 6) is -0.400. The molecule has 128 valence electrons. The van der Waals surface area contributed by atoms with E-state index in [4.69, 9.17) is 11.6 Å². The zero-order chi connectivity index (χ0) is 17.0. The third-order valence-corrected chi connectivity index (χ3v) is 4.63. The predicted octanol–water partition coefficient (Wildman–Crippen LogP) is 2.67. The molecule has 0 bridgehead atoms. The van der Waals surface area contributed by atoms with Gasteiger partial charge < -0.3 is 10.0 Å². The van der Waals surface area contributed by atoms with Gasteiger partial charge in [0.2, 0.25) is 5.91 Å². The number of hydrogen-bond donors (Lipinski definition) is 1. The van der Waals surface area contributed by atoms with Crippen LogP contribution in [-0.4, -0.2) is 53.6 Å². The minimum atomic E-state index is -0.852. The maximum atomic E-state index is 13.5. The lowest BCUT2D eigenvalue weighted by Gasteiger charge is -2.39. The van der Waals surface area contributed by atoms with Crippen molar-refractivity contribution in [2.75, 3.05) is 27.2 Å². The van der Waals surface area contributed by atoms with Crippen molar-refractivity contribution >= 4 is 17.5 Å². The predicted molar refractivity (Wildman–Crippen MR) is 88.8 cm³/mol. The maximum absolute atomic E-state index is 13.5. The van der Waals surface area contributed by atoms with Gasteiger partial charge in [-0.3, -0.25) is 9.69 Å². The van der Waals surface area contributed by atoms with Crippen molar-refractivity contribution in [1.29, 1.82) is 0 Å². The third kappa shape index (κ3) is 5.16. The van der Waals surface area contributed by atoms with Crippen LogP contribution in [0.25, 0.3) is 0 Å². The quantitative estimate of drug-likeness (QED) is 0.894. The number of benzene rings is 1. The molecule has 0 spiro atoms. The largest absolute Gasteiger partial charge is 0.389 e. The van der Waals surface area contributed by atoms with E-state index in [0.717, 1.165) is 18.5 Å². The first-order chi connectivity index (χ1) is 10.8. The molecule has 0 aromatic heterocycles. The lowest BCUT2D eigenvalue weighted by Crippen LogP contribution is -2.48. The summed E-state index contributed by atoms with van der Waals surface area (Å²) in [7, 11) is 3.43. The highest BCUT2D eigenvalue weighted by Gasteiger charge is 2.33. The number of likely N-dealkylation sites (tertiary alicyclic amines) is 1. The van der Waals surface area contributed by atoms with Gasteiger partial charge in [0.25, 0.3) is 0 Å². The molecular weight excluding hydrogens is 319 g/mol. The number of carbonyl (C=O) groups is 1. The standard InChI is InChI=1S/C17H24ClFN2O2/c1-20(2)16(22)6-8-17(23)7-3-9-21(12-17)11-13-4-5-14(18)15(19)10-13/h4-5,10,23H,3,6-9,11-12H2,1-2H3. The SMILES string of the molecule is CN(C)C(=O)CCC1(O)CCCN(Cc2ccc(Cl)c(F)c2)C1. The Bertz CT molecular complexity index is 568. The molecule has 6 heteroatoms. The highest BCUT2D eigenvalue weighted by atomic mass is 35.5. The summed E-state index contributed by atoms with van der Waals surface area (Å²) in [6, 6.07) is 4.79. The molecule has 0 radical (unpaired) electrons. The van der Waals surface area contributed by atoms with Gasteiger partial charge >= 0.3 is 0 Å². The van der Waals surface area contributed by atoms with Crippen LogP contribution in [0, 0.1) is 5.82 Å². The van der Waals surface area contributed by atoms with Crippen molar-refractivity contribution in [2.24, 2.45) is 0 Å². The summed E-state index contributed by atoms with van der Waals surface area (Å²) in [5, 5.41) is 10.9. The number of β-amino-alcohol motifs (C(OH)–C–C–N with tert-alkyl or cyclic N) is 1. The van der Waals surface area contributed by atoms with Crippen LogP contribution in [0.15, 0.2) is 18.2 Å². The second kappa shape index (κ2) is 7.60. The first kappa shape index (κ1) is 18.2. The van der Waals surface area contributed by atoms with E-state index in [1.54, 1.807) is 31.1 Å². The Hall–Kier alpha value is -1.17. The minimum Gasteiger partial charge on any atom is -0.389 e. The van der Waals surface area contributed by atoms with Crippen LogP contribution in [0.3, 0.4) is 0 Å². The lowest BCUT2D eigenvalue weighted by molar-refractivity contribution is -0.130. The highest BCUT2D eigenvalue weighted by molar-refractivity contribution is 6.30. The second-order valence-corrected chi connectivity index (χ2v) is 6.98. The number of nitrogens with zero attached hydrogens (tertiary/aromatic N) is 2. The van der Waals surface area contributed by atoms with E-state index in [1.165, 1.54) is 6.07 Å². The van der Waals surface area contributed by atoms with Gasteiger partial charge in [-0.25, -0.2) is 4.39 Å². The van der Waals surface area contributed by atoms with Crippen molar-refractivity contribution < 1.29 is 14.3 Å². The van der Waals surface area contributed by atoms with Crippen molar-refractivity contribution in [3.8, 4) is 0 Å². The van der Waals surface area contributed by atoms with Crippen molar-refractivity contribution in [3.05, 3.63) is 34.6 Å². The summed E-state index contributed by atoms with van der Waals surface area (Å²) < 4.78 is 13.5. The number of rotatable bonds is 5. The highest BCUT2D eigenvalue weighted by Crippen LogP contribution is 2.27. The van der Waals surface area contributed by atoms with Gasteiger partial charge in [0.15, 0.2) is 0 Å². The fraction of sp³-hybridized carbons (Fsp3) is 0.588. The van der Waals surface area contributed by atoms with E-state index in [9.17, 15) is 14.3 Å². The van der Waals surface area contributed by atoms with Gasteiger partial charge in [-0.15, -0.1) is 0 Å². The third-order valence-electron chi connectivity index (χ3n) is 4.33. The van der Waals surface area contributed by atoms with Crippen LogP contribution in [0.5, 0.6) is 0 Å². The Morgan fingerprint density at radius 1 is 1.48 bits per heavy atom. The summed E-state index contributed by atoms with van der Waals surface area (Å²) in [4.78, 5) is 15.4. The molecule has 1 aliphatic rings. The average Bonchev–Trinajstić information content (AvgIpc) is 2.48. The normalized spacial score (nSPS) is 22.1. The van der Waals surface area contributed by atoms with Gasteiger partial charge in [0, 0.05) is 33.6 Å². The van der Waals surface area contributed by atoms with Crippen LogP contribution in [-0.2, 0) is 11.3 Å². The fourth-order valence-electron chi connectivity index (χ4n) is 3.00. The molecule has 2 rings (SSSR count). The van der Waals surface area contributed by atoms with Gasteiger partial charge in [-0.1, -0.05) is 17.7 Å². The van der Waals surface area contributed by atoms with Crippen molar-refractivity contribution in [2.45, 2.75) is 37.8 Å². The second-order valence-electron chi connectivity index (χ2n) is 6.58. The average molecular weight is 343 g/mol. The number of piperidine rings is 1. The summed E-state index contributed by atoms with van der Waals surface area (Å²) >= 11 is 5.70. The Morgan fingerprint density at radius 3 is 2.87 bits per heavy atom. The molecule has 1 aliphatic heterocycles. The Kier molecular flexibility index (Phi) is 6.00. The molecule has 1 N–H and O–H groups in total. The molecule has 0 saturated carbocycles. The van der Waals surface area contributed by atoms with E-state index in [2.05, 4.69) is 4.90 Å². The van der Waals surface area contributed by atoms with Crippen LogP contribution in [0.2, 0.25) is 5.02 Å². The molecular formula is C17H24ClFN2O2. The molecule has 1 fully saturated rings. The summed E-state index contributed by atoms with van der Waals surface area (Å²) in [5.41, 5.74) is -0.0185.